The van der Waals surface area contributed by atoms with E-state index < -0.39 is 0 Å². The van der Waals surface area contributed by atoms with Crippen LogP contribution in [-0.2, 0) is 11.3 Å². The maximum atomic E-state index is 9.44. The van der Waals surface area contributed by atoms with Gasteiger partial charge in [-0.15, -0.1) is 11.8 Å². The van der Waals surface area contributed by atoms with Gasteiger partial charge in [0.25, 0.3) is 0 Å². The minimum atomic E-state index is 0.216. The molecule has 0 radical (unpaired) electrons. The van der Waals surface area contributed by atoms with Crippen molar-refractivity contribution in [3.63, 3.8) is 0 Å². The van der Waals surface area contributed by atoms with Crippen molar-refractivity contribution in [3.8, 4) is 22.9 Å². The summed E-state index contributed by atoms with van der Waals surface area (Å²) in [5.41, 5.74) is 5.96. The van der Waals surface area contributed by atoms with Crippen LogP contribution in [0.25, 0.3) is 22.0 Å². The molecule has 3 aromatic carbocycles. The van der Waals surface area contributed by atoms with Gasteiger partial charge in [-0.2, -0.15) is 5.26 Å². The van der Waals surface area contributed by atoms with E-state index in [4.69, 9.17) is 14.5 Å². The molecule has 1 aromatic heterocycles. The van der Waals surface area contributed by atoms with Gasteiger partial charge in [0.1, 0.15) is 11.8 Å². The third-order valence-corrected chi connectivity index (χ3v) is 7.88. The number of ether oxygens (including phenoxy) is 2. The molecular weight excluding hydrogens is 490 g/mol. The zero-order valence-electron chi connectivity index (χ0n) is 22.2. The van der Waals surface area contributed by atoms with Gasteiger partial charge in [0.2, 0.25) is 0 Å². The van der Waals surface area contributed by atoms with E-state index in [1.165, 1.54) is 10.6 Å². The number of nitrogens with zero attached hydrogens (tertiary/aromatic N) is 3. The molecule has 0 unspecified atom stereocenters. The van der Waals surface area contributed by atoms with Gasteiger partial charge in [-0.25, -0.2) is 0 Å². The summed E-state index contributed by atoms with van der Waals surface area (Å²) in [6.45, 7) is 6.80. The number of pyridine rings is 1. The molecule has 5 rings (SSSR count). The number of hydrogen-bond donors (Lipinski definition) is 0. The number of nitriles is 1. The smallest absolute Gasteiger partial charge is 0.137 e. The van der Waals surface area contributed by atoms with E-state index >= 15 is 0 Å². The number of methoxy groups -OCH3 is 1. The fourth-order valence-electron chi connectivity index (χ4n) is 4.97. The first-order valence-electron chi connectivity index (χ1n) is 13.1. The highest BCUT2D eigenvalue weighted by Crippen LogP contribution is 2.39. The van der Waals surface area contributed by atoms with Crippen LogP contribution in [-0.4, -0.2) is 36.5 Å². The zero-order valence-corrected chi connectivity index (χ0v) is 23.0. The van der Waals surface area contributed by atoms with Crippen molar-refractivity contribution in [3.05, 3.63) is 84.1 Å². The Bertz CT molecular complexity index is 1460. The Hall–Kier alpha value is -3.53. The van der Waals surface area contributed by atoms with E-state index in [1.807, 2.05) is 48.2 Å². The maximum absolute atomic E-state index is 9.44. The normalized spacial score (nSPS) is 14.1. The molecule has 0 N–H and O–H groups in total. The van der Waals surface area contributed by atoms with Crippen molar-refractivity contribution in [2.75, 3.05) is 25.1 Å². The minimum Gasteiger partial charge on any atom is -0.495 e. The number of benzene rings is 3. The number of para-hydroxylation sites is 1. The third kappa shape index (κ3) is 5.96. The highest BCUT2D eigenvalue weighted by molar-refractivity contribution is 7.99. The number of thioether (sulfide) groups is 1. The van der Waals surface area contributed by atoms with E-state index in [0.717, 1.165) is 53.7 Å². The number of anilines is 1. The van der Waals surface area contributed by atoms with Crippen LogP contribution in [0, 0.1) is 11.3 Å². The van der Waals surface area contributed by atoms with Gasteiger partial charge in [-0.1, -0.05) is 44.2 Å². The van der Waals surface area contributed by atoms with Gasteiger partial charge < -0.3 is 14.4 Å². The summed E-state index contributed by atoms with van der Waals surface area (Å²) >= 11 is 1.86. The Labute approximate surface area is 229 Å². The van der Waals surface area contributed by atoms with Gasteiger partial charge in [-0.3, -0.25) is 4.98 Å². The van der Waals surface area contributed by atoms with Crippen LogP contribution in [0.1, 0.15) is 37.9 Å². The van der Waals surface area contributed by atoms with Crippen LogP contribution in [0.2, 0.25) is 0 Å². The predicted molar refractivity (Wildman–Crippen MR) is 156 cm³/mol. The minimum absolute atomic E-state index is 0.216. The fraction of sp³-hybridized carbons (Fsp3) is 0.312. The van der Waals surface area contributed by atoms with Gasteiger partial charge in [0.15, 0.2) is 0 Å². The highest BCUT2D eigenvalue weighted by atomic mass is 32.2. The number of rotatable bonds is 8. The Morgan fingerprint density at radius 1 is 1.03 bits per heavy atom. The molecule has 1 aliphatic rings. The fourth-order valence-corrected chi connectivity index (χ4v) is 5.85. The SMILES string of the molecule is COc1cc(-c2cc(SC(C)C)ccc2N2CCC(OCc3ccc4ccccc4n3)CC2)ccc1C#N. The average Bonchev–Trinajstić information content (AvgIpc) is 2.95. The van der Waals surface area contributed by atoms with Crippen LogP contribution in [0.3, 0.4) is 0 Å². The first kappa shape index (κ1) is 26.1. The van der Waals surface area contributed by atoms with Crippen molar-refractivity contribution < 1.29 is 9.47 Å². The molecule has 0 atom stereocenters. The van der Waals surface area contributed by atoms with Gasteiger partial charge in [-0.05, 0) is 60.9 Å². The van der Waals surface area contributed by atoms with E-state index in [0.29, 0.717) is 23.2 Å². The second-order valence-electron chi connectivity index (χ2n) is 9.87. The quantitative estimate of drug-likeness (QED) is 0.223. The molecule has 6 heteroatoms. The molecule has 194 valence electrons. The number of aromatic nitrogens is 1. The lowest BCUT2D eigenvalue weighted by molar-refractivity contribution is 0.0236. The van der Waals surface area contributed by atoms with Crippen LogP contribution in [0.5, 0.6) is 5.75 Å². The Balaban J connectivity index is 1.31. The third-order valence-electron chi connectivity index (χ3n) is 6.88. The number of piperidine rings is 1. The molecule has 0 spiro atoms. The summed E-state index contributed by atoms with van der Waals surface area (Å²) in [5.74, 6) is 0.604. The predicted octanol–water partition coefficient (Wildman–Crippen LogP) is 7.47. The van der Waals surface area contributed by atoms with E-state index in [1.54, 1.807) is 7.11 Å². The van der Waals surface area contributed by atoms with Gasteiger partial charge in [0, 0.05) is 39.9 Å². The number of fused-ring (bicyclic) bond motifs is 1. The molecule has 1 aliphatic heterocycles. The molecule has 0 amide bonds. The monoisotopic (exact) mass is 523 g/mol. The highest BCUT2D eigenvalue weighted by Gasteiger charge is 2.23. The summed E-state index contributed by atoms with van der Waals surface area (Å²) in [6, 6.07) is 27.2. The summed E-state index contributed by atoms with van der Waals surface area (Å²) in [5, 5.41) is 11.1. The van der Waals surface area contributed by atoms with Crippen LogP contribution < -0.4 is 9.64 Å². The summed E-state index contributed by atoms with van der Waals surface area (Å²) < 4.78 is 11.8. The first-order chi connectivity index (χ1) is 18.5. The van der Waals surface area contributed by atoms with Crippen molar-refractivity contribution in [1.82, 2.24) is 4.98 Å². The van der Waals surface area contributed by atoms with Gasteiger partial charge >= 0.3 is 0 Å². The van der Waals surface area contributed by atoms with Crippen molar-refractivity contribution in [1.29, 1.82) is 5.26 Å². The lowest BCUT2D eigenvalue weighted by atomic mass is 9.99. The standard InChI is InChI=1S/C32H33N3O2S/c1-22(2)38-28-12-13-31(29(19-28)24-8-9-25(20-33)32(18-24)36-3)35-16-14-27(15-17-35)37-21-26-11-10-23-6-4-5-7-30(23)34-26/h4-13,18-19,22,27H,14-17,21H2,1-3H3. The second kappa shape index (κ2) is 11.9. The molecule has 5 nitrogen and oxygen atoms in total. The molecular formula is C32H33N3O2S. The molecule has 2 heterocycles. The van der Waals surface area contributed by atoms with Crippen molar-refractivity contribution in [2.24, 2.45) is 0 Å². The zero-order chi connectivity index (χ0) is 26.5. The van der Waals surface area contributed by atoms with Crippen molar-refractivity contribution >= 4 is 28.4 Å². The summed E-state index contributed by atoms with van der Waals surface area (Å²) in [7, 11) is 1.62. The largest absolute Gasteiger partial charge is 0.495 e. The Kier molecular flexibility index (Phi) is 8.17. The van der Waals surface area contributed by atoms with Crippen LogP contribution >= 0.6 is 11.8 Å². The Morgan fingerprint density at radius 2 is 1.84 bits per heavy atom. The van der Waals surface area contributed by atoms with E-state index in [9.17, 15) is 5.26 Å². The number of hydrogen-bond acceptors (Lipinski definition) is 6. The van der Waals surface area contributed by atoms with E-state index in [2.05, 4.69) is 61.2 Å². The molecule has 1 fully saturated rings. The van der Waals surface area contributed by atoms with Crippen molar-refractivity contribution in [2.45, 2.75) is 49.5 Å². The summed E-state index contributed by atoms with van der Waals surface area (Å²) in [6.07, 6.45) is 2.15. The lowest BCUT2D eigenvalue weighted by Crippen LogP contribution is -2.37. The van der Waals surface area contributed by atoms with Crippen LogP contribution in [0.4, 0.5) is 5.69 Å². The first-order valence-corrected chi connectivity index (χ1v) is 14.0. The van der Waals surface area contributed by atoms with E-state index in [-0.39, 0.29) is 6.10 Å². The molecule has 0 aliphatic carbocycles. The second-order valence-corrected chi connectivity index (χ2v) is 11.5. The van der Waals surface area contributed by atoms with Crippen LogP contribution in [0.15, 0.2) is 77.7 Å². The molecule has 1 saturated heterocycles. The average molecular weight is 524 g/mol. The maximum Gasteiger partial charge on any atom is 0.137 e. The molecule has 0 saturated carbocycles. The topological polar surface area (TPSA) is 58.4 Å². The lowest BCUT2D eigenvalue weighted by Gasteiger charge is -2.35. The molecule has 0 bridgehead atoms. The van der Waals surface area contributed by atoms with Gasteiger partial charge in [0.05, 0.1) is 36.6 Å². The Morgan fingerprint density at radius 3 is 2.61 bits per heavy atom. The molecule has 4 aromatic rings. The summed E-state index contributed by atoms with van der Waals surface area (Å²) in [4.78, 5) is 8.45. The molecule has 38 heavy (non-hydrogen) atoms.